The lowest BCUT2D eigenvalue weighted by Gasteiger charge is -2.36. The van der Waals surface area contributed by atoms with Crippen LogP contribution in [0.3, 0.4) is 0 Å². The van der Waals surface area contributed by atoms with E-state index in [0.29, 0.717) is 4.08 Å². The molecular formula is C13H20S2. The second kappa shape index (κ2) is 5.01. The van der Waals surface area contributed by atoms with Crippen molar-refractivity contribution in [1.82, 2.24) is 0 Å². The van der Waals surface area contributed by atoms with Crippen molar-refractivity contribution >= 4 is 23.5 Å². The van der Waals surface area contributed by atoms with E-state index in [1.165, 1.54) is 37.2 Å². The van der Waals surface area contributed by atoms with Gasteiger partial charge in [0.05, 0.1) is 4.08 Å². The summed E-state index contributed by atoms with van der Waals surface area (Å²) < 4.78 is 0.478. The number of hydrogen-bond acceptors (Lipinski definition) is 2. The molecule has 84 valence electrons. The van der Waals surface area contributed by atoms with Crippen LogP contribution in [0.25, 0.3) is 0 Å². The first-order valence-corrected chi connectivity index (χ1v) is 7.83. The van der Waals surface area contributed by atoms with Gasteiger partial charge in [0.1, 0.15) is 0 Å². The van der Waals surface area contributed by atoms with E-state index in [1.807, 2.05) is 0 Å². The van der Waals surface area contributed by atoms with Crippen LogP contribution in [0, 0.1) is 0 Å². The largest absolute Gasteiger partial charge is 0.139 e. The van der Waals surface area contributed by atoms with Crippen LogP contribution in [0.5, 0.6) is 0 Å². The van der Waals surface area contributed by atoms with Crippen molar-refractivity contribution in [3.8, 4) is 0 Å². The highest BCUT2D eigenvalue weighted by Gasteiger charge is 2.40. The SMILES string of the molecule is C=CCCC1=C(C)CCCC12SCCS2. The number of rotatable bonds is 3. The summed E-state index contributed by atoms with van der Waals surface area (Å²) in [6, 6.07) is 0. The minimum atomic E-state index is 0.478. The van der Waals surface area contributed by atoms with E-state index in [0.717, 1.165) is 6.42 Å². The molecule has 0 N–H and O–H groups in total. The van der Waals surface area contributed by atoms with Crippen molar-refractivity contribution in [3.63, 3.8) is 0 Å². The maximum atomic E-state index is 3.85. The third kappa shape index (κ3) is 2.31. The predicted molar refractivity (Wildman–Crippen MR) is 73.6 cm³/mol. The third-order valence-electron chi connectivity index (χ3n) is 3.38. The van der Waals surface area contributed by atoms with Gasteiger partial charge >= 0.3 is 0 Å². The van der Waals surface area contributed by atoms with E-state index in [2.05, 4.69) is 43.1 Å². The molecule has 0 aromatic heterocycles. The molecule has 0 unspecified atom stereocenters. The molecule has 1 fully saturated rings. The summed E-state index contributed by atoms with van der Waals surface area (Å²) >= 11 is 4.40. The zero-order chi connectivity index (χ0) is 10.7. The Morgan fingerprint density at radius 3 is 2.80 bits per heavy atom. The molecule has 0 aromatic rings. The Morgan fingerprint density at radius 2 is 2.13 bits per heavy atom. The van der Waals surface area contributed by atoms with Gasteiger partial charge in [0.2, 0.25) is 0 Å². The van der Waals surface area contributed by atoms with Crippen LogP contribution in [0.15, 0.2) is 23.8 Å². The minimum absolute atomic E-state index is 0.478. The lowest BCUT2D eigenvalue weighted by atomic mass is 9.89. The van der Waals surface area contributed by atoms with Crippen LogP contribution in [0.1, 0.15) is 39.0 Å². The summed E-state index contributed by atoms with van der Waals surface area (Å²) in [5.74, 6) is 2.69. The Balaban J connectivity index is 2.20. The normalized spacial score (nSPS) is 24.9. The molecule has 2 aliphatic rings. The molecule has 0 bridgehead atoms. The fourth-order valence-corrected chi connectivity index (χ4v) is 6.27. The van der Waals surface area contributed by atoms with Gasteiger partial charge in [-0.3, -0.25) is 0 Å². The van der Waals surface area contributed by atoms with E-state index in [-0.39, 0.29) is 0 Å². The molecule has 1 heterocycles. The third-order valence-corrected chi connectivity index (χ3v) is 7.00. The number of hydrogen-bond donors (Lipinski definition) is 0. The van der Waals surface area contributed by atoms with Gasteiger partial charge in [-0.05, 0) is 44.6 Å². The standard InChI is InChI=1S/C13H20S2/c1-3-4-7-12-11(2)6-5-8-13(12)14-9-10-15-13/h3H,1,4-10H2,2H3. The van der Waals surface area contributed by atoms with E-state index in [9.17, 15) is 0 Å². The van der Waals surface area contributed by atoms with Gasteiger partial charge in [-0.25, -0.2) is 0 Å². The van der Waals surface area contributed by atoms with Crippen molar-refractivity contribution in [3.05, 3.63) is 23.8 Å². The van der Waals surface area contributed by atoms with Crippen LogP contribution in [-0.4, -0.2) is 15.6 Å². The van der Waals surface area contributed by atoms with Crippen molar-refractivity contribution in [2.75, 3.05) is 11.5 Å². The second-order valence-corrected chi connectivity index (χ2v) is 7.44. The summed E-state index contributed by atoms with van der Waals surface area (Å²) in [5.41, 5.74) is 3.42. The van der Waals surface area contributed by atoms with Gasteiger partial charge in [-0.15, -0.1) is 30.1 Å². The molecular weight excluding hydrogens is 220 g/mol. The van der Waals surface area contributed by atoms with E-state index >= 15 is 0 Å². The molecule has 0 amide bonds. The zero-order valence-corrected chi connectivity index (χ0v) is 11.2. The average Bonchev–Trinajstić information content (AvgIpc) is 2.67. The molecule has 0 nitrogen and oxygen atoms in total. The summed E-state index contributed by atoms with van der Waals surface area (Å²) in [7, 11) is 0. The number of thioether (sulfide) groups is 2. The van der Waals surface area contributed by atoms with Crippen LogP contribution < -0.4 is 0 Å². The summed E-state index contributed by atoms with van der Waals surface area (Å²) in [6.07, 6.45) is 8.57. The fraction of sp³-hybridized carbons (Fsp3) is 0.692. The number of allylic oxidation sites excluding steroid dienone is 2. The maximum Gasteiger partial charge on any atom is 0.0823 e. The lowest BCUT2D eigenvalue weighted by molar-refractivity contribution is 0.636. The summed E-state index contributed by atoms with van der Waals surface area (Å²) in [6.45, 7) is 6.19. The van der Waals surface area contributed by atoms with Crippen molar-refractivity contribution < 1.29 is 0 Å². The molecule has 1 spiro atoms. The van der Waals surface area contributed by atoms with Crippen LogP contribution >= 0.6 is 23.5 Å². The monoisotopic (exact) mass is 240 g/mol. The Kier molecular flexibility index (Phi) is 3.89. The molecule has 0 saturated carbocycles. The first-order chi connectivity index (χ1) is 7.28. The Morgan fingerprint density at radius 1 is 1.40 bits per heavy atom. The maximum absolute atomic E-state index is 3.85. The first-order valence-electron chi connectivity index (χ1n) is 5.86. The Hall–Kier alpha value is 0.180. The highest BCUT2D eigenvalue weighted by molar-refractivity contribution is 8.21. The highest BCUT2D eigenvalue weighted by Crippen LogP contribution is 2.56. The van der Waals surface area contributed by atoms with Gasteiger partial charge < -0.3 is 0 Å². The molecule has 1 aliphatic heterocycles. The van der Waals surface area contributed by atoms with Gasteiger partial charge in [-0.1, -0.05) is 11.6 Å². The molecule has 0 atom stereocenters. The quantitative estimate of drug-likeness (QED) is 0.660. The molecule has 1 aliphatic carbocycles. The van der Waals surface area contributed by atoms with Gasteiger partial charge in [-0.2, -0.15) is 0 Å². The minimum Gasteiger partial charge on any atom is -0.139 e. The Bertz CT molecular complexity index is 272. The topological polar surface area (TPSA) is 0 Å². The molecule has 15 heavy (non-hydrogen) atoms. The van der Waals surface area contributed by atoms with E-state index in [1.54, 1.807) is 11.1 Å². The van der Waals surface area contributed by atoms with Crippen LogP contribution in [0.4, 0.5) is 0 Å². The van der Waals surface area contributed by atoms with Crippen LogP contribution in [0.2, 0.25) is 0 Å². The van der Waals surface area contributed by atoms with E-state index < -0.39 is 0 Å². The van der Waals surface area contributed by atoms with Crippen LogP contribution in [-0.2, 0) is 0 Å². The van der Waals surface area contributed by atoms with Gasteiger partial charge in [0.25, 0.3) is 0 Å². The predicted octanol–water partition coefficient (Wildman–Crippen LogP) is 4.63. The van der Waals surface area contributed by atoms with Gasteiger partial charge in [0, 0.05) is 11.5 Å². The van der Waals surface area contributed by atoms with Crippen molar-refractivity contribution in [2.45, 2.75) is 43.1 Å². The molecule has 1 saturated heterocycles. The molecule has 0 radical (unpaired) electrons. The average molecular weight is 240 g/mol. The molecule has 0 aromatic carbocycles. The zero-order valence-electron chi connectivity index (χ0n) is 9.55. The van der Waals surface area contributed by atoms with Crippen molar-refractivity contribution in [2.24, 2.45) is 0 Å². The summed E-state index contributed by atoms with van der Waals surface area (Å²) in [4.78, 5) is 0. The van der Waals surface area contributed by atoms with Gasteiger partial charge in [0.15, 0.2) is 0 Å². The fourth-order valence-electron chi connectivity index (χ4n) is 2.64. The first kappa shape index (κ1) is 11.7. The lowest BCUT2D eigenvalue weighted by Crippen LogP contribution is -2.25. The van der Waals surface area contributed by atoms with E-state index in [4.69, 9.17) is 0 Å². The Labute approximate surface area is 102 Å². The molecule has 2 heteroatoms. The smallest absolute Gasteiger partial charge is 0.0823 e. The second-order valence-electron chi connectivity index (χ2n) is 4.39. The molecule has 2 rings (SSSR count). The summed E-state index contributed by atoms with van der Waals surface area (Å²) in [5, 5.41) is 0. The highest BCUT2D eigenvalue weighted by atomic mass is 32.2. The van der Waals surface area contributed by atoms with Crippen molar-refractivity contribution in [1.29, 1.82) is 0 Å².